The third-order valence-electron chi connectivity index (χ3n) is 3.17. The number of hydrogen-bond acceptors (Lipinski definition) is 5. The summed E-state index contributed by atoms with van der Waals surface area (Å²) >= 11 is 6.05. The van der Waals surface area contributed by atoms with E-state index in [-0.39, 0.29) is 5.75 Å². The van der Waals surface area contributed by atoms with Crippen LogP contribution in [0, 0.1) is 0 Å². The van der Waals surface area contributed by atoms with E-state index in [4.69, 9.17) is 16.4 Å². The maximum atomic E-state index is 10.0. The number of anilines is 1. The van der Waals surface area contributed by atoms with Crippen molar-refractivity contribution >= 4 is 28.3 Å². The highest BCUT2D eigenvalue weighted by Gasteiger charge is 2.12. The van der Waals surface area contributed by atoms with Crippen molar-refractivity contribution in [3.8, 4) is 17.1 Å². The molecule has 0 amide bonds. The maximum Gasteiger partial charge on any atom is 0.165 e. The van der Waals surface area contributed by atoms with Crippen molar-refractivity contribution in [2.24, 2.45) is 0 Å². The molecule has 0 saturated carbocycles. The molecule has 116 valence electrons. The number of aromatic nitrogens is 2. The van der Waals surface area contributed by atoms with E-state index < -0.39 is 0 Å². The van der Waals surface area contributed by atoms with Crippen LogP contribution in [-0.4, -0.2) is 21.7 Å². The molecular formula is C17H14ClN3O2. The van der Waals surface area contributed by atoms with Gasteiger partial charge in [-0.15, -0.1) is 6.58 Å². The van der Waals surface area contributed by atoms with E-state index in [1.807, 2.05) is 12.1 Å². The highest BCUT2D eigenvalue weighted by Crippen LogP contribution is 2.30. The molecule has 3 aromatic rings. The first-order valence-electron chi connectivity index (χ1n) is 6.93. The lowest BCUT2D eigenvalue weighted by Gasteiger charge is -2.11. The molecule has 0 spiro atoms. The number of fused-ring (bicyclic) bond motifs is 1. The van der Waals surface area contributed by atoms with Crippen molar-refractivity contribution in [3.05, 3.63) is 60.1 Å². The van der Waals surface area contributed by atoms with Crippen molar-refractivity contribution in [1.82, 2.24) is 9.97 Å². The molecule has 0 aliphatic rings. The van der Waals surface area contributed by atoms with E-state index >= 15 is 0 Å². The van der Waals surface area contributed by atoms with Crippen molar-refractivity contribution in [2.45, 2.75) is 0 Å². The van der Waals surface area contributed by atoms with Crippen LogP contribution in [-0.2, 0) is 4.84 Å². The van der Waals surface area contributed by atoms with Gasteiger partial charge in [0.05, 0.1) is 17.7 Å². The SMILES string of the molecule is C=CCONc1nc(-c2ccccc2O)nc2cc(Cl)ccc12. The molecule has 3 rings (SSSR count). The predicted octanol–water partition coefficient (Wildman–Crippen LogP) is 4.19. The number of benzene rings is 2. The smallest absolute Gasteiger partial charge is 0.165 e. The fourth-order valence-electron chi connectivity index (χ4n) is 2.13. The lowest BCUT2D eigenvalue weighted by atomic mass is 10.1. The first-order valence-corrected chi connectivity index (χ1v) is 7.31. The molecule has 1 heterocycles. The second-order valence-corrected chi connectivity index (χ2v) is 5.21. The van der Waals surface area contributed by atoms with Gasteiger partial charge in [0.1, 0.15) is 5.75 Å². The van der Waals surface area contributed by atoms with Gasteiger partial charge in [0.25, 0.3) is 0 Å². The number of phenolic OH excluding ortho intramolecular Hbond substituents is 1. The van der Waals surface area contributed by atoms with E-state index in [1.165, 1.54) is 0 Å². The maximum absolute atomic E-state index is 10.0. The third-order valence-corrected chi connectivity index (χ3v) is 3.41. The van der Waals surface area contributed by atoms with Crippen molar-refractivity contribution in [1.29, 1.82) is 0 Å². The summed E-state index contributed by atoms with van der Waals surface area (Å²) in [4.78, 5) is 14.2. The number of rotatable bonds is 5. The Balaban J connectivity index is 2.15. The van der Waals surface area contributed by atoms with Crippen LogP contribution in [0.1, 0.15) is 0 Å². The van der Waals surface area contributed by atoms with Crippen molar-refractivity contribution in [3.63, 3.8) is 0 Å². The Bertz CT molecular complexity index is 868. The van der Waals surface area contributed by atoms with Crippen LogP contribution in [0.3, 0.4) is 0 Å². The highest BCUT2D eigenvalue weighted by atomic mass is 35.5. The van der Waals surface area contributed by atoms with Gasteiger partial charge in [0.15, 0.2) is 11.6 Å². The standard InChI is InChI=1S/C17H14ClN3O2/c1-2-9-23-21-17-12-8-7-11(18)10-14(12)19-16(20-17)13-5-3-4-6-15(13)22/h2-8,10,22H,1,9H2,(H,19,20,21). The first kappa shape index (κ1) is 15.3. The topological polar surface area (TPSA) is 67.3 Å². The number of hydrogen-bond donors (Lipinski definition) is 2. The Hall–Kier alpha value is -2.63. The predicted molar refractivity (Wildman–Crippen MR) is 91.4 cm³/mol. The van der Waals surface area contributed by atoms with Gasteiger partial charge in [-0.1, -0.05) is 29.8 Å². The Labute approximate surface area is 138 Å². The Morgan fingerprint density at radius 2 is 2.04 bits per heavy atom. The van der Waals surface area contributed by atoms with Crippen LogP contribution in [0.4, 0.5) is 5.82 Å². The molecule has 2 N–H and O–H groups in total. The normalized spacial score (nSPS) is 10.7. The summed E-state index contributed by atoms with van der Waals surface area (Å²) in [6.07, 6.45) is 1.62. The van der Waals surface area contributed by atoms with Crippen LogP contribution < -0.4 is 5.48 Å². The summed E-state index contributed by atoms with van der Waals surface area (Å²) in [6.45, 7) is 3.92. The van der Waals surface area contributed by atoms with Crippen LogP contribution in [0.2, 0.25) is 5.02 Å². The largest absolute Gasteiger partial charge is 0.507 e. The number of nitrogens with one attached hydrogen (secondary N) is 1. The minimum absolute atomic E-state index is 0.104. The van der Waals surface area contributed by atoms with Crippen LogP contribution in [0.5, 0.6) is 5.75 Å². The minimum atomic E-state index is 0.104. The second-order valence-electron chi connectivity index (χ2n) is 4.78. The fraction of sp³-hybridized carbons (Fsp3) is 0.0588. The summed E-state index contributed by atoms with van der Waals surface area (Å²) in [6, 6.07) is 12.2. The van der Waals surface area contributed by atoms with Gasteiger partial charge in [-0.2, -0.15) is 0 Å². The van der Waals surface area contributed by atoms with Crippen LogP contribution in [0.15, 0.2) is 55.1 Å². The van der Waals surface area contributed by atoms with Crippen molar-refractivity contribution in [2.75, 3.05) is 12.1 Å². The third kappa shape index (κ3) is 3.26. The summed E-state index contributed by atoms with van der Waals surface area (Å²) < 4.78 is 0. The van der Waals surface area contributed by atoms with Gasteiger partial charge in [0.2, 0.25) is 0 Å². The molecule has 0 unspecified atom stereocenters. The minimum Gasteiger partial charge on any atom is -0.507 e. The van der Waals surface area contributed by atoms with Gasteiger partial charge < -0.3 is 5.11 Å². The van der Waals surface area contributed by atoms with E-state index in [1.54, 1.807) is 36.4 Å². The monoisotopic (exact) mass is 327 g/mol. The van der Waals surface area contributed by atoms with Gasteiger partial charge in [-0.25, -0.2) is 15.4 Å². The molecule has 23 heavy (non-hydrogen) atoms. The number of nitrogens with zero attached hydrogens (tertiary/aromatic N) is 2. The number of phenols is 1. The molecule has 2 aromatic carbocycles. The summed E-state index contributed by atoms with van der Waals surface area (Å²) in [5.41, 5.74) is 3.97. The highest BCUT2D eigenvalue weighted by molar-refractivity contribution is 6.31. The average Bonchev–Trinajstić information content (AvgIpc) is 2.55. The van der Waals surface area contributed by atoms with Gasteiger partial charge in [-0.05, 0) is 30.3 Å². The van der Waals surface area contributed by atoms with E-state index in [2.05, 4.69) is 22.0 Å². The lowest BCUT2D eigenvalue weighted by Crippen LogP contribution is -2.05. The number of halogens is 1. The van der Waals surface area contributed by atoms with E-state index in [9.17, 15) is 5.11 Å². The van der Waals surface area contributed by atoms with E-state index in [0.29, 0.717) is 34.4 Å². The second kappa shape index (κ2) is 6.64. The quantitative estimate of drug-likeness (QED) is 0.418. The molecule has 6 heteroatoms. The van der Waals surface area contributed by atoms with Gasteiger partial charge >= 0.3 is 0 Å². The fourth-order valence-corrected chi connectivity index (χ4v) is 2.30. The number of para-hydroxylation sites is 1. The zero-order valence-electron chi connectivity index (χ0n) is 12.2. The van der Waals surface area contributed by atoms with Crippen LogP contribution in [0.25, 0.3) is 22.3 Å². The zero-order chi connectivity index (χ0) is 16.2. The molecule has 0 radical (unpaired) electrons. The van der Waals surface area contributed by atoms with E-state index in [0.717, 1.165) is 5.39 Å². The summed E-state index contributed by atoms with van der Waals surface area (Å²) in [7, 11) is 0. The summed E-state index contributed by atoms with van der Waals surface area (Å²) in [5.74, 6) is 0.973. The Kier molecular flexibility index (Phi) is 4.41. The first-order chi connectivity index (χ1) is 11.2. The molecule has 0 aliphatic heterocycles. The van der Waals surface area contributed by atoms with Gasteiger partial charge in [0, 0.05) is 10.4 Å². The average molecular weight is 328 g/mol. The zero-order valence-corrected chi connectivity index (χ0v) is 12.9. The molecular weight excluding hydrogens is 314 g/mol. The number of aromatic hydroxyl groups is 1. The Morgan fingerprint density at radius 3 is 2.83 bits per heavy atom. The molecule has 5 nitrogen and oxygen atoms in total. The van der Waals surface area contributed by atoms with Crippen LogP contribution >= 0.6 is 11.6 Å². The molecule has 0 fully saturated rings. The van der Waals surface area contributed by atoms with Crippen molar-refractivity contribution < 1.29 is 9.94 Å². The molecule has 0 aliphatic carbocycles. The molecule has 1 aromatic heterocycles. The molecule has 0 saturated heterocycles. The lowest BCUT2D eigenvalue weighted by molar-refractivity contribution is 0.227. The summed E-state index contributed by atoms with van der Waals surface area (Å²) in [5, 5.41) is 11.4. The molecule has 0 bridgehead atoms. The Morgan fingerprint density at radius 1 is 1.22 bits per heavy atom. The van der Waals surface area contributed by atoms with Gasteiger partial charge in [-0.3, -0.25) is 4.84 Å². The molecule has 0 atom stereocenters.